The maximum absolute atomic E-state index is 12.6. The van der Waals surface area contributed by atoms with E-state index in [0.29, 0.717) is 29.3 Å². The van der Waals surface area contributed by atoms with Crippen LogP contribution in [0.15, 0.2) is 36.7 Å². The van der Waals surface area contributed by atoms with Gasteiger partial charge in [0.15, 0.2) is 0 Å². The lowest BCUT2D eigenvalue weighted by Crippen LogP contribution is -2.26. The molecule has 120 valence electrons. The molecule has 1 amide bonds. The van der Waals surface area contributed by atoms with E-state index in [4.69, 9.17) is 11.0 Å². The maximum Gasteiger partial charge on any atom is 0.256 e. The molecule has 3 N–H and O–H groups in total. The van der Waals surface area contributed by atoms with Crippen LogP contribution in [0.2, 0.25) is 0 Å². The Morgan fingerprint density at radius 2 is 2.17 bits per heavy atom. The van der Waals surface area contributed by atoms with Crippen molar-refractivity contribution in [3.05, 3.63) is 47.8 Å². The van der Waals surface area contributed by atoms with Crippen LogP contribution in [-0.4, -0.2) is 34.4 Å². The fraction of sp³-hybridized carbons (Fsp3) is 0.176. The lowest BCUT2D eigenvalue weighted by Gasteiger charge is -2.14. The molecule has 1 aromatic heterocycles. The summed E-state index contributed by atoms with van der Waals surface area (Å²) in [5.74, 6) is 0.336. The standard InChI is InChI=1S/C17H16N6O/c1-10(5-18)8-23-9-13-12(3-4-14(19)15(13)16(23)24)11-6-21-17(20-2)22-7-11/h3-4,6-7H,1,8-9,19H2,2H3,(H,20,21,22). The van der Waals surface area contributed by atoms with Gasteiger partial charge in [-0.05, 0) is 17.2 Å². The number of benzene rings is 1. The molecule has 0 saturated heterocycles. The summed E-state index contributed by atoms with van der Waals surface area (Å²) in [5, 5.41) is 11.8. The molecule has 1 aliphatic heterocycles. The van der Waals surface area contributed by atoms with Gasteiger partial charge in [-0.3, -0.25) is 4.79 Å². The van der Waals surface area contributed by atoms with E-state index >= 15 is 0 Å². The first-order valence-electron chi connectivity index (χ1n) is 7.33. The van der Waals surface area contributed by atoms with Crippen LogP contribution in [0.25, 0.3) is 11.1 Å². The first kappa shape index (κ1) is 15.5. The predicted octanol–water partition coefficient (Wildman–Crippen LogP) is 1.80. The average Bonchev–Trinajstić information content (AvgIpc) is 2.92. The minimum absolute atomic E-state index is 0.187. The Balaban J connectivity index is 2.03. The molecule has 0 bridgehead atoms. The van der Waals surface area contributed by atoms with Gasteiger partial charge in [-0.15, -0.1) is 0 Å². The molecule has 0 saturated carbocycles. The van der Waals surface area contributed by atoms with E-state index in [0.717, 1.165) is 16.7 Å². The Morgan fingerprint density at radius 1 is 1.46 bits per heavy atom. The zero-order valence-corrected chi connectivity index (χ0v) is 13.2. The fourth-order valence-electron chi connectivity index (χ4n) is 2.76. The summed E-state index contributed by atoms with van der Waals surface area (Å²) in [4.78, 5) is 22.6. The molecule has 7 nitrogen and oxygen atoms in total. The molecule has 0 spiro atoms. The van der Waals surface area contributed by atoms with E-state index in [9.17, 15) is 4.79 Å². The smallest absolute Gasteiger partial charge is 0.256 e. The normalized spacial score (nSPS) is 12.7. The summed E-state index contributed by atoms with van der Waals surface area (Å²) in [5.41, 5.74) is 9.74. The number of nitrogens with zero attached hydrogens (tertiary/aromatic N) is 4. The second-order valence-corrected chi connectivity index (χ2v) is 5.48. The van der Waals surface area contributed by atoms with Crippen LogP contribution in [0.5, 0.6) is 0 Å². The molecule has 0 aliphatic carbocycles. The van der Waals surface area contributed by atoms with Gasteiger partial charge in [0.05, 0.1) is 18.2 Å². The van der Waals surface area contributed by atoms with Crippen molar-refractivity contribution in [1.29, 1.82) is 5.26 Å². The second-order valence-electron chi connectivity index (χ2n) is 5.48. The van der Waals surface area contributed by atoms with E-state index in [-0.39, 0.29) is 12.5 Å². The molecular weight excluding hydrogens is 304 g/mol. The molecule has 0 atom stereocenters. The van der Waals surface area contributed by atoms with E-state index < -0.39 is 0 Å². The molecule has 1 aliphatic rings. The molecule has 3 rings (SSSR count). The highest BCUT2D eigenvalue weighted by Gasteiger charge is 2.32. The van der Waals surface area contributed by atoms with Crippen molar-refractivity contribution < 1.29 is 4.79 Å². The highest BCUT2D eigenvalue weighted by atomic mass is 16.2. The number of nitrogen functional groups attached to an aromatic ring is 1. The molecule has 2 aromatic rings. The number of amides is 1. The highest BCUT2D eigenvalue weighted by Crippen LogP contribution is 2.35. The molecule has 0 fully saturated rings. The first-order chi connectivity index (χ1) is 11.5. The number of carbonyl (C=O) groups is 1. The van der Waals surface area contributed by atoms with Gasteiger partial charge < -0.3 is 16.0 Å². The third-order valence-corrected chi connectivity index (χ3v) is 3.92. The Hall–Kier alpha value is -3.40. The van der Waals surface area contributed by atoms with Crippen molar-refractivity contribution >= 4 is 17.5 Å². The van der Waals surface area contributed by atoms with Gasteiger partial charge in [0, 0.05) is 42.8 Å². The SMILES string of the molecule is C=C(C#N)CN1Cc2c(-c3cnc(NC)nc3)ccc(N)c2C1=O. The third kappa shape index (κ3) is 2.54. The summed E-state index contributed by atoms with van der Waals surface area (Å²) in [6.07, 6.45) is 3.40. The zero-order valence-electron chi connectivity index (χ0n) is 13.2. The lowest BCUT2D eigenvalue weighted by atomic mass is 9.97. The average molecular weight is 320 g/mol. The summed E-state index contributed by atoms with van der Waals surface area (Å²) in [7, 11) is 1.74. The van der Waals surface area contributed by atoms with Crippen molar-refractivity contribution in [1.82, 2.24) is 14.9 Å². The van der Waals surface area contributed by atoms with E-state index in [1.54, 1.807) is 30.4 Å². The number of hydrogen-bond acceptors (Lipinski definition) is 6. The van der Waals surface area contributed by atoms with E-state index in [1.807, 2.05) is 12.1 Å². The van der Waals surface area contributed by atoms with Gasteiger partial charge >= 0.3 is 0 Å². The minimum Gasteiger partial charge on any atom is -0.398 e. The van der Waals surface area contributed by atoms with Crippen LogP contribution in [0.4, 0.5) is 11.6 Å². The van der Waals surface area contributed by atoms with Crippen LogP contribution < -0.4 is 11.1 Å². The quantitative estimate of drug-likeness (QED) is 0.657. The number of aromatic nitrogens is 2. The fourth-order valence-corrected chi connectivity index (χ4v) is 2.76. The Morgan fingerprint density at radius 3 is 2.79 bits per heavy atom. The van der Waals surface area contributed by atoms with Gasteiger partial charge in [-0.1, -0.05) is 12.6 Å². The third-order valence-electron chi connectivity index (χ3n) is 3.92. The van der Waals surface area contributed by atoms with Crippen molar-refractivity contribution in [3.63, 3.8) is 0 Å². The lowest BCUT2D eigenvalue weighted by molar-refractivity contribution is 0.0795. The molecular formula is C17H16N6O. The Kier molecular flexibility index (Phi) is 3.88. The van der Waals surface area contributed by atoms with Crippen molar-refractivity contribution in [2.24, 2.45) is 0 Å². The first-order valence-corrected chi connectivity index (χ1v) is 7.33. The number of anilines is 2. The van der Waals surface area contributed by atoms with Gasteiger partial charge in [-0.2, -0.15) is 5.26 Å². The number of nitrogens with two attached hydrogens (primary N) is 1. The number of nitriles is 1. The van der Waals surface area contributed by atoms with Crippen LogP contribution in [0, 0.1) is 11.3 Å². The zero-order chi connectivity index (χ0) is 17.3. The molecule has 1 aromatic carbocycles. The highest BCUT2D eigenvalue weighted by molar-refractivity contribution is 6.05. The van der Waals surface area contributed by atoms with Gasteiger partial charge in [-0.25, -0.2) is 9.97 Å². The number of carbonyl (C=O) groups excluding carboxylic acids is 1. The van der Waals surface area contributed by atoms with Crippen LogP contribution >= 0.6 is 0 Å². The summed E-state index contributed by atoms with van der Waals surface area (Å²) >= 11 is 0. The molecule has 24 heavy (non-hydrogen) atoms. The molecule has 0 unspecified atom stereocenters. The largest absolute Gasteiger partial charge is 0.398 e. The number of fused-ring (bicyclic) bond motifs is 1. The summed E-state index contributed by atoms with van der Waals surface area (Å²) < 4.78 is 0. The topological polar surface area (TPSA) is 108 Å². The summed E-state index contributed by atoms with van der Waals surface area (Å²) in [6, 6.07) is 5.54. The number of hydrogen-bond donors (Lipinski definition) is 2. The number of rotatable bonds is 4. The van der Waals surface area contributed by atoms with Crippen LogP contribution in [0.3, 0.4) is 0 Å². The maximum atomic E-state index is 12.6. The number of nitrogens with one attached hydrogen (secondary N) is 1. The van der Waals surface area contributed by atoms with E-state index in [1.165, 1.54) is 0 Å². The monoisotopic (exact) mass is 320 g/mol. The molecule has 7 heteroatoms. The van der Waals surface area contributed by atoms with Gasteiger partial charge in [0.2, 0.25) is 5.95 Å². The van der Waals surface area contributed by atoms with Crippen molar-refractivity contribution in [3.8, 4) is 17.2 Å². The predicted molar refractivity (Wildman–Crippen MR) is 90.9 cm³/mol. The van der Waals surface area contributed by atoms with Crippen molar-refractivity contribution in [2.45, 2.75) is 6.54 Å². The molecule has 0 radical (unpaired) electrons. The van der Waals surface area contributed by atoms with Crippen molar-refractivity contribution in [2.75, 3.05) is 24.6 Å². The Labute approximate surface area is 139 Å². The Bertz CT molecular complexity index is 866. The van der Waals surface area contributed by atoms with Crippen LogP contribution in [-0.2, 0) is 6.54 Å². The van der Waals surface area contributed by atoms with Gasteiger partial charge in [0.1, 0.15) is 0 Å². The molecule has 2 heterocycles. The second kappa shape index (κ2) is 6.01. The van der Waals surface area contributed by atoms with E-state index in [2.05, 4.69) is 21.9 Å². The minimum atomic E-state index is -0.187. The van der Waals surface area contributed by atoms with Crippen LogP contribution in [0.1, 0.15) is 15.9 Å². The summed E-state index contributed by atoms with van der Waals surface area (Å²) in [6.45, 7) is 4.21. The van der Waals surface area contributed by atoms with Gasteiger partial charge in [0.25, 0.3) is 5.91 Å².